The predicted octanol–water partition coefficient (Wildman–Crippen LogP) is 3.47. The Morgan fingerprint density at radius 3 is 2.55 bits per heavy atom. The fourth-order valence-corrected chi connectivity index (χ4v) is 2.83. The number of carbonyl (C=O) groups is 1. The molecule has 3 aromatic rings. The zero-order chi connectivity index (χ0) is 13.9. The maximum Gasteiger partial charge on any atom is 0.172 e. The van der Waals surface area contributed by atoms with Gasteiger partial charge in [-0.3, -0.25) is 14.8 Å². The van der Waals surface area contributed by atoms with Crippen LogP contribution < -0.4 is 0 Å². The van der Waals surface area contributed by atoms with Crippen molar-refractivity contribution in [2.24, 2.45) is 0 Å². The van der Waals surface area contributed by atoms with Crippen LogP contribution in [0.2, 0.25) is 0 Å². The van der Waals surface area contributed by atoms with Crippen LogP contribution in [0.15, 0.2) is 48.9 Å². The van der Waals surface area contributed by atoms with E-state index in [1.54, 1.807) is 25.5 Å². The van der Waals surface area contributed by atoms with Gasteiger partial charge in [0.25, 0.3) is 0 Å². The predicted molar refractivity (Wildman–Crippen MR) is 78.6 cm³/mol. The molecule has 98 valence electrons. The van der Waals surface area contributed by atoms with Crippen LogP contribution in [0.3, 0.4) is 0 Å². The highest BCUT2D eigenvalue weighted by molar-refractivity contribution is 7.17. The summed E-state index contributed by atoms with van der Waals surface area (Å²) in [5, 5.41) is 0.804. The molecule has 0 aliphatic rings. The molecular formula is C15H11N3OS. The quantitative estimate of drug-likeness (QED) is 0.690. The molecule has 5 heteroatoms. The van der Waals surface area contributed by atoms with E-state index >= 15 is 0 Å². The lowest BCUT2D eigenvalue weighted by atomic mass is 10.2. The van der Waals surface area contributed by atoms with Crippen molar-refractivity contribution in [3.63, 3.8) is 0 Å². The highest BCUT2D eigenvalue weighted by Gasteiger charge is 2.18. The lowest BCUT2D eigenvalue weighted by Crippen LogP contribution is -1.93. The summed E-state index contributed by atoms with van der Waals surface area (Å²) >= 11 is 1.39. The number of pyridine rings is 2. The molecule has 0 bridgehead atoms. The second kappa shape index (κ2) is 5.30. The van der Waals surface area contributed by atoms with Crippen LogP contribution >= 0.6 is 11.3 Å². The Hall–Kier alpha value is -2.40. The molecule has 0 unspecified atom stereocenters. The largest absolute Gasteiger partial charge is 0.294 e. The van der Waals surface area contributed by atoms with E-state index in [2.05, 4.69) is 15.0 Å². The Kier molecular flexibility index (Phi) is 3.35. The van der Waals surface area contributed by atoms with Crippen molar-refractivity contribution < 1.29 is 4.79 Å². The number of thiazole rings is 1. The van der Waals surface area contributed by atoms with Gasteiger partial charge < -0.3 is 0 Å². The summed E-state index contributed by atoms with van der Waals surface area (Å²) in [5.74, 6) is 0.00320. The van der Waals surface area contributed by atoms with Crippen LogP contribution in [0.1, 0.15) is 16.6 Å². The molecule has 0 spiro atoms. The van der Waals surface area contributed by atoms with Gasteiger partial charge in [-0.25, -0.2) is 4.98 Å². The van der Waals surface area contributed by atoms with E-state index < -0.39 is 0 Å². The van der Waals surface area contributed by atoms with Crippen molar-refractivity contribution in [3.8, 4) is 22.0 Å². The number of carbonyl (C=O) groups excluding carboxylic acids is 1. The minimum Gasteiger partial charge on any atom is -0.294 e. The zero-order valence-electron chi connectivity index (χ0n) is 10.8. The first-order valence-electron chi connectivity index (χ1n) is 6.09. The Morgan fingerprint density at radius 1 is 1.10 bits per heavy atom. The first-order valence-corrected chi connectivity index (χ1v) is 6.91. The van der Waals surface area contributed by atoms with E-state index in [4.69, 9.17) is 0 Å². The molecule has 3 rings (SSSR count). The highest BCUT2D eigenvalue weighted by Crippen LogP contribution is 2.32. The molecule has 0 saturated carbocycles. The van der Waals surface area contributed by atoms with Crippen molar-refractivity contribution in [1.29, 1.82) is 0 Å². The standard InChI is InChI=1S/C15H11N3OS/c1-10(19)14-13(12-4-2-3-7-17-12)18-15(20-14)11-5-8-16-9-6-11/h2-9H,1H3. The van der Waals surface area contributed by atoms with Crippen molar-refractivity contribution in [1.82, 2.24) is 15.0 Å². The number of ketones is 1. The maximum absolute atomic E-state index is 11.8. The summed E-state index contributed by atoms with van der Waals surface area (Å²) in [5.41, 5.74) is 2.32. The van der Waals surface area contributed by atoms with Gasteiger partial charge in [-0.15, -0.1) is 11.3 Å². The van der Waals surface area contributed by atoms with E-state index in [1.165, 1.54) is 11.3 Å². The molecule has 20 heavy (non-hydrogen) atoms. The van der Waals surface area contributed by atoms with Crippen LogP contribution in [0.5, 0.6) is 0 Å². The van der Waals surface area contributed by atoms with Crippen molar-refractivity contribution >= 4 is 17.1 Å². The van der Waals surface area contributed by atoms with Crippen LogP contribution in [0.25, 0.3) is 22.0 Å². The van der Waals surface area contributed by atoms with Gasteiger partial charge >= 0.3 is 0 Å². The minimum absolute atomic E-state index is 0.00320. The Bertz CT molecular complexity index is 738. The van der Waals surface area contributed by atoms with E-state index in [0.29, 0.717) is 16.3 Å². The summed E-state index contributed by atoms with van der Waals surface area (Å²) in [4.78, 5) is 25.3. The second-order valence-electron chi connectivity index (χ2n) is 4.20. The Labute approximate surface area is 120 Å². The molecule has 0 saturated heterocycles. The Morgan fingerprint density at radius 2 is 1.90 bits per heavy atom. The number of Topliss-reactive ketones (excluding diaryl/α,β-unsaturated/α-hetero) is 1. The van der Waals surface area contributed by atoms with Crippen LogP contribution in [0.4, 0.5) is 0 Å². The van der Waals surface area contributed by atoms with Gasteiger partial charge in [0.2, 0.25) is 0 Å². The second-order valence-corrected chi connectivity index (χ2v) is 5.20. The van der Waals surface area contributed by atoms with E-state index in [-0.39, 0.29) is 5.78 Å². The third-order valence-electron chi connectivity index (χ3n) is 2.78. The van der Waals surface area contributed by atoms with Gasteiger partial charge in [0.15, 0.2) is 5.78 Å². The normalized spacial score (nSPS) is 10.4. The van der Waals surface area contributed by atoms with Gasteiger partial charge in [0, 0.05) is 31.1 Å². The molecule has 0 atom stereocenters. The molecule has 0 aliphatic heterocycles. The van der Waals surface area contributed by atoms with E-state index in [0.717, 1.165) is 10.6 Å². The van der Waals surface area contributed by atoms with Gasteiger partial charge in [-0.2, -0.15) is 0 Å². The van der Waals surface area contributed by atoms with E-state index in [9.17, 15) is 4.79 Å². The molecule has 0 fully saturated rings. The average Bonchev–Trinajstić information content (AvgIpc) is 2.94. The Balaban J connectivity index is 2.15. The molecule has 0 N–H and O–H groups in total. The highest BCUT2D eigenvalue weighted by atomic mass is 32.1. The van der Waals surface area contributed by atoms with Gasteiger partial charge in [-0.1, -0.05) is 6.07 Å². The SMILES string of the molecule is CC(=O)c1sc(-c2ccncc2)nc1-c1ccccn1. The number of rotatable bonds is 3. The van der Waals surface area contributed by atoms with Crippen molar-refractivity contribution in [2.75, 3.05) is 0 Å². The molecule has 3 aromatic heterocycles. The zero-order valence-corrected chi connectivity index (χ0v) is 11.6. The van der Waals surface area contributed by atoms with Crippen molar-refractivity contribution in [3.05, 3.63) is 53.8 Å². The van der Waals surface area contributed by atoms with Crippen LogP contribution in [-0.2, 0) is 0 Å². The lowest BCUT2D eigenvalue weighted by molar-refractivity contribution is 0.102. The summed E-state index contributed by atoms with van der Waals surface area (Å²) in [6.07, 6.45) is 5.12. The first-order chi connectivity index (χ1) is 9.75. The number of nitrogens with zero attached hydrogens (tertiary/aromatic N) is 3. The van der Waals surface area contributed by atoms with Gasteiger partial charge in [0.05, 0.1) is 10.6 Å². The topological polar surface area (TPSA) is 55.7 Å². The lowest BCUT2D eigenvalue weighted by Gasteiger charge is -1.97. The van der Waals surface area contributed by atoms with Crippen LogP contribution in [0, 0.1) is 0 Å². The summed E-state index contributed by atoms with van der Waals surface area (Å²) in [6.45, 7) is 1.55. The first kappa shape index (κ1) is 12.6. The number of aromatic nitrogens is 3. The number of hydrogen-bond donors (Lipinski definition) is 0. The fraction of sp³-hybridized carbons (Fsp3) is 0.0667. The molecule has 0 aromatic carbocycles. The average molecular weight is 281 g/mol. The molecule has 0 amide bonds. The summed E-state index contributed by atoms with van der Waals surface area (Å²) < 4.78 is 0. The molecule has 3 heterocycles. The molecule has 0 aliphatic carbocycles. The maximum atomic E-state index is 11.8. The summed E-state index contributed by atoms with van der Waals surface area (Å²) in [7, 11) is 0. The third kappa shape index (κ3) is 2.35. The monoisotopic (exact) mass is 281 g/mol. The fourth-order valence-electron chi connectivity index (χ4n) is 1.85. The summed E-state index contributed by atoms with van der Waals surface area (Å²) in [6, 6.07) is 9.35. The van der Waals surface area contributed by atoms with Gasteiger partial charge in [0.1, 0.15) is 10.7 Å². The molecular weight excluding hydrogens is 270 g/mol. The van der Waals surface area contributed by atoms with Crippen molar-refractivity contribution in [2.45, 2.75) is 6.92 Å². The minimum atomic E-state index is 0.00320. The van der Waals surface area contributed by atoms with Gasteiger partial charge in [-0.05, 0) is 24.3 Å². The van der Waals surface area contributed by atoms with E-state index in [1.807, 2.05) is 30.3 Å². The molecule has 0 radical (unpaired) electrons. The smallest absolute Gasteiger partial charge is 0.172 e. The number of hydrogen-bond acceptors (Lipinski definition) is 5. The van der Waals surface area contributed by atoms with Crippen LogP contribution in [-0.4, -0.2) is 20.7 Å². The molecule has 4 nitrogen and oxygen atoms in total. The third-order valence-corrected chi connectivity index (χ3v) is 3.99.